The number of nitrogens with one attached hydrogen (secondary N) is 1. The molecule has 0 aromatic heterocycles. The fraction of sp³-hybridized carbons (Fsp3) is 0.684. The van der Waals surface area contributed by atoms with Gasteiger partial charge < -0.3 is 5.32 Å². The Morgan fingerprint density at radius 1 is 1.10 bits per heavy atom. The molecule has 2 heteroatoms. The van der Waals surface area contributed by atoms with Gasteiger partial charge >= 0.3 is 0 Å². The second-order valence-corrected chi connectivity index (χ2v) is 6.78. The van der Waals surface area contributed by atoms with Crippen LogP contribution < -0.4 is 5.32 Å². The summed E-state index contributed by atoms with van der Waals surface area (Å²) in [6.45, 7) is 6.00. The van der Waals surface area contributed by atoms with E-state index in [-0.39, 0.29) is 0 Å². The van der Waals surface area contributed by atoms with Crippen LogP contribution in [0.2, 0.25) is 0 Å². The van der Waals surface area contributed by atoms with E-state index in [1.807, 2.05) is 0 Å². The van der Waals surface area contributed by atoms with Gasteiger partial charge in [0.15, 0.2) is 0 Å². The molecule has 1 aliphatic heterocycles. The van der Waals surface area contributed by atoms with Crippen molar-refractivity contribution in [1.82, 2.24) is 10.2 Å². The van der Waals surface area contributed by atoms with Crippen LogP contribution in [-0.4, -0.2) is 30.6 Å². The number of rotatable bonds is 6. The highest BCUT2D eigenvalue weighted by Crippen LogP contribution is 2.30. The first-order chi connectivity index (χ1) is 10.4. The van der Waals surface area contributed by atoms with E-state index >= 15 is 0 Å². The number of hydrogen-bond donors (Lipinski definition) is 1. The maximum absolute atomic E-state index is 3.92. The van der Waals surface area contributed by atoms with Gasteiger partial charge in [-0.3, -0.25) is 4.90 Å². The van der Waals surface area contributed by atoms with Gasteiger partial charge in [-0.25, -0.2) is 0 Å². The van der Waals surface area contributed by atoms with E-state index in [9.17, 15) is 0 Å². The third-order valence-electron chi connectivity index (χ3n) is 5.52. The van der Waals surface area contributed by atoms with Crippen LogP contribution in [-0.2, 0) is 0 Å². The summed E-state index contributed by atoms with van der Waals surface area (Å²) in [6, 6.07) is 12.4. The molecule has 0 bridgehead atoms. The largest absolute Gasteiger partial charge is 0.312 e. The standard InChI is InChI=1S/C19H30N2/c1-2-16-11-8-12-18(16)20-15-19(21-13-6-7-14-21)17-9-4-3-5-10-17/h3-5,9-10,16,18-20H,2,6-8,11-15H2,1H3. The number of benzene rings is 1. The summed E-state index contributed by atoms with van der Waals surface area (Å²) >= 11 is 0. The maximum atomic E-state index is 3.92. The highest BCUT2D eigenvalue weighted by atomic mass is 15.2. The van der Waals surface area contributed by atoms with Crippen LogP contribution in [0.5, 0.6) is 0 Å². The topological polar surface area (TPSA) is 15.3 Å². The van der Waals surface area contributed by atoms with Gasteiger partial charge in [-0.2, -0.15) is 0 Å². The zero-order valence-corrected chi connectivity index (χ0v) is 13.4. The fourth-order valence-corrected chi connectivity index (χ4v) is 4.24. The molecule has 1 aliphatic carbocycles. The van der Waals surface area contributed by atoms with Gasteiger partial charge in [-0.1, -0.05) is 50.1 Å². The summed E-state index contributed by atoms with van der Waals surface area (Å²) in [7, 11) is 0. The van der Waals surface area contributed by atoms with E-state index in [0.29, 0.717) is 6.04 Å². The predicted octanol–water partition coefficient (Wildman–Crippen LogP) is 3.99. The zero-order valence-electron chi connectivity index (χ0n) is 13.4. The lowest BCUT2D eigenvalue weighted by Crippen LogP contribution is -2.40. The lowest BCUT2D eigenvalue weighted by Gasteiger charge is -2.30. The Labute approximate surface area is 129 Å². The Kier molecular flexibility index (Phi) is 5.32. The van der Waals surface area contributed by atoms with Crippen LogP contribution in [0.15, 0.2) is 30.3 Å². The van der Waals surface area contributed by atoms with Crippen molar-refractivity contribution >= 4 is 0 Å². The molecule has 0 spiro atoms. The van der Waals surface area contributed by atoms with Gasteiger partial charge in [0.1, 0.15) is 0 Å². The minimum atomic E-state index is 0.562. The van der Waals surface area contributed by atoms with Crippen molar-refractivity contribution < 1.29 is 0 Å². The summed E-state index contributed by atoms with van der Waals surface area (Å²) in [4.78, 5) is 2.68. The van der Waals surface area contributed by atoms with Crippen molar-refractivity contribution in [3.63, 3.8) is 0 Å². The Hall–Kier alpha value is -0.860. The molecule has 1 aromatic rings. The van der Waals surface area contributed by atoms with Crippen molar-refractivity contribution in [2.24, 2.45) is 5.92 Å². The van der Waals surface area contributed by atoms with Crippen LogP contribution in [0.25, 0.3) is 0 Å². The molecule has 3 atom stereocenters. The quantitative estimate of drug-likeness (QED) is 0.850. The molecule has 3 rings (SSSR count). The molecule has 1 heterocycles. The monoisotopic (exact) mass is 286 g/mol. The minimum absolute atomic E-state index is 0.562. The fourth-order valence-electron chi connectivity index (χ4n) is 4.24. The molecule has 0 amide bonds. The first-order valence-corrected chi connectivity index (χ1v) is 8.91. The molecule has 2 nitrogen and oxygen atoms in total. The van der Waals surface area contributed by atoms with Gasteiger partial charge in [0.25, 0.3) is 0 Å². The predicted molar refractivity (Wildman–Crippen MR) is 89.4 cm³/mol. The van der Waals surface area contributed by atoms with Crippen molar-refractivity contribution in [3.8, 4) is 0 Å². The molecular weight excluding hydrogens is 256 g/mol. The first kappa shape index (κ1) is 15.1. The molecule has 2 fully saturated rings. The van der Waals surface area contributed by atoms with E-state index < -0.39 is 0 Å². The van der Waals surface area contributed by atoms with Gasteiger partial charge in [-0.15, -0.1) is 0 Å². The summed E-state index contributed by atoms with van der Waals surface area (Å²) in [6.07, 6.45) is 8.27. The van der Waals surface area contributed by atoms with Gasteiger partial charge in [-0.05, 0) is 50.3 Å². The molecule has 2 aliphatic rings. The SMILES string of the molecule is CCC1CCCC1NCC(c1ccccc1)N1CCCC1. The zero-order chi connectivity index (χ0) is 14.5. The van der Waals surface area contributed by atoms with Crippen LogP contribution in [0, 0.1) is 5.92 Å². The minimum Gasteiger partial charge on any atom is -0.312 e. The molecule has 21 heavy (non-hydrogen) atoms. The van der Waals surface area contributed by atoms with Crippen molar-refractivity contribution in [2.45, 2.75) is 57.5 Å². The second-order valence-electron chi connectivity index (χ2n) is 6.78. The Morgan fingerprint density at radius 2 is 1.86 bits per heavy atom. The van der Waals surface area contributed by atoms with Crippen molar-refractivity contribution in [1.29, 1.82) is 0 Å². The Balaban J connectivity index is 1.65. The number of nitrogens with zero attached hydrogens (tertiary/aromatic N) is 1. The number of likely N-dealkylation sites (tertiary alicyclic amines) is 1. The summed E-state index contributed by atoms with van der Waals surface area (Å²) in [5.74, 6) is 0.903. The third-order valence-corrected chi connectivity index (χ3v) is 5.52. The molecular formula is C19H30N2. The first-order valence-electron chi connectivity index (χ1n) is 8.91. The normalized spacial score (nSPS) is 28.0. The molecule has 3 unspecified atom stereocenters. The van der Waals surface area contributed by atoms with Crippen LogP contribution in [0.3, 0.4) is 0 Å². The lowest BCUT2D eigenvalue weighted by molar-refractivity contribution is 0.226. The van der Waals surface area contributed by atoms with Crippen molar-refractivity contribution in [3.05, 3.63) is 35.9 Å². The smallest absolute Gasteiger partial charge is 0.0472 e. The highest BCUT2D eigenvalue weighted by Gasteiger charge is 2.28. The van der Waals surface area contributed by atoms with Gasteiger partial charge in [0.2, 0.25) is 0 Å². The molecule has 116 valence electrons. The summed E-state index contributed by atoms with van der Waals surface area (Å²) in [5.41, 5.74) is 1.48. The molecule has 1 aromatic carbocycles. The Morgan fingerprint density at radius 3 is 2.57 bits per heavy atom. The van der Waals surface area contributed by atoms with Crippen LogP contribution >= 0.6 is 0 Å². The number of hydrogen-bond acceptors (Lipinski definition) is 2. The van der Waals surface area contributed by atoms with E-state index in [4.69, 9.17) is 0 Å². The maximum Gasteiger partial charge on any atom is 0.0472 e. The van der Waals surface area contributed by atoms with Gasteiger partial charge in [0, 0.05) is 18.6 Å². The Bertz CT molecular complexity index is 411. The third kappa shape index (κ3) is 3.67. The lowest BCUT2D eigenvalue weighted by atomic mass is 9.99. The molecule has 1 N–H and O–H groups in total. The van der Waals surface area contributed by atoms with Crippen LogP contribution in [0.4, 0.5) is 0 Å². The van der Waals surface area contributed by atoms with E-state index in [1.54, 1.807) is 0 Å². The van der Waals surface area contributed by atoms with Crippen LogP contribution in [0.1, 0.15) is 57.1 Å². The van der Waals surface area contributed by atoms with Gasteiger partial charge in [0.05, 0.1) is 0 Å². The average molecular weight is 286 g/mol. The van der Waals surface area contributed by atoms with E-state index in [0.717, 1.165) is 18.5 Å². The molecule has 1 saturated carbocycles. The van der Waals surface area contributed by atoms with E-state index in [1.165, 1.54) is 57.2 Å². The summed E-state index contributed by atoms with van der Waals surface area (Å²) < 4.78 is 0. The van der Waals surface area contributed by atoms with Crippen molar-refractivity contribution in [2.75, 3.05) is 19.6 Å². The summed E-state index contributed by atoms with van der Waals surface area (Å²) in [5, 5.41) is 3.92. The average Bonchev–Trinajstić information content (AvgIpc) is 3.20. The van der Waals surface area contributed by atoms with E-state index in [2.05, 4.69) is 47.5 Å². The second kappa shape index (κ2) is 7.42. The molecule has 1 saturated heterocycles. The highest BCUT2D eigenvalue weighted by molar-refractivity contribution is 5.19. The molecule has 0 radical (unpaired) electrons.